The second-order valence-corrected chi connectivity index (χ2v) is 6.63. The van der Waals surface area contributed by atoms with Crippen LogP contribution in [0.1, 0.15) is 35.7 Å². The van der Waals surface area contributed by atoms with Crippen LogP contribution in [0.15, 0.2) is 42.7 Å². The maximum atomic E-state index is 12.6. The summed E-state index contributed by atoms with van der Waals surface area (Å²) in [5.41, 5.74) is 1.87. The van der Waals surface area contributed by atoms with E-state index in [9.17, 15) is 4.79 Å². The van der Waals surface area contributed by atoms with Crippen LogP contribution in [0.25, 0.3) is 0 Å². The molecular formula is C20H27N5O. The van der Waals surface area contributed by atoms with Crippen LogP contribution in [0.2, 0.25) is 0 Å². The third-order valence-corrected chi connectivity index (χ3v) is 4.62. The lowest BCUT2D eigenvalue weighted by molar-refractivity contribution is 0.0627. The molecule has 1 saturated heterocycles. The van der Waals surface area contributed by atoms with Crippen molar-refractivity contribution < 1.29 is 4.79 Å². The quantitative estimate of drug-likeness (QED) is 0.776. The Morgan fingerprint density at radius 3 is 2.42 bits per heavy atom. The topological polar surface area (TPSA) is 61.4 Å². The zero-order valence-electron chi connectivity index (χ0n) is 15.4. The highest BCUT2D eigenvalue weighted by molar-refractivity contribution is 5.93. The fraction of sp³-hybridized carbons (Fsp3) is 0.450. The summed E-state index contributed by atoms with van der Waals surface area (Å²) in [6, 6.07) is 10.5. The van der Waals surface area contributed by atoms with E-state index in [1.165, 1.54) is 5.56 Å². The molecule has 1 aliphatic heterocycles. The van der Waals surface area contributed by atoms with Crippen molar-refractivity contribution in [3.05, 3.63) is 53.9 Å². The van der Waals surface area contributed by atoms with Crippen molar-refractivity contribution in [3.63, 3.8) is 0 Å². The fourth-order valence-electron chi connectivity index (χ4n) is 3.04. The van der Waals surface area contributed by atoms with Gasteiger partial charge in [0.25, 0.3) is 5.91 Å². The molecule has 2 aromatic rings. The molecule has 0 spiro atoms. The second-order valence-electron chi connectivity index (χ2n) is 6.63. The molecule has 1 fully saturated rings. The lowest BCUT2D eigenvalue weighted by Gasteiger charge is -2.34. The molecule has 138 valence electrons. The molecule has 1 aromatic carbocycles. The second kappa shape index (κ2) is 9.29. The average molecular weight is 353 g/mol. The Bertz CT molecular complexity index is 681. The van der Waals surface area contributed by atoms with Gasteiger partial charge in [-0.1, -0.05) is 43.7 Å². The first kappa shape index (κ1) is 18.3. The van der Waals surface area contributed by atoms with E-state index < -0.39 is 0 Å². The maximum Gasteiger partial charge on any atom is 0.257 e. The molecule has 0 aliphatic carbocycles. The molecule has 0 saturated carbocycles. The summed E-state index contributed by atoms with van der Waals surface area (Å²) < 4.78 is 0. The van der Waals surface area contributed by atoms with Gasteiger partial charge in [-0.2, -0.15) is 0 Å². The van der Waals surface area contributed by atoms with Gasteiger partial charge in [-0.3, -0.25) is 9.69 Å². The van der Waals surface area contributed by atoms with Crippen molar-refractivity contribution in [1.82, 2.24) is 19.8 Å². The van der Waals surface area contributed by atoms with Crippen LogP contribution in [0.4, 0.5) is 5.95 Å². The third-order valence-electron chi connectivity index (χ3n) is 4.62. The van der Waals surface area contributed by atoms with Gasteiger partial charge in [-0.25, -0.2) is 9.97 Å². The van der Waals surface area contributed by atoms with Crippen molar-refractivity contribution >= 4 is 11.9 Å². The summed E-state index contributed by atoms with van der Waals surface area (Å²) in [5.74, 6) is 0.604. The van der Waals surface area contributed by atoms with Gasteiger partial charge >= 0.3 is 0 Å². The van der Waals surface area contributed by atoms with Gasteiger partial charge in [0.1, 0.15) is 0 Å². The smallest absolute Gasteiger partial charge is 0.257 e. The van der Waals surface area contributed by atoms with Gasteiger partial charge in [0.05, 0.1) is 5.56 Å². The Morgan fingerprint density at radius 1 is 1.08 bits per heavy atom. The molecule has 0 radical (unpaired) electrons. The van der Waals surface area contributed by atoms with Crippen LogP contribution in [0.5, 0.6) is 0 Å². The van der Waals surface area contributed by atoms with E-state index in [2.05, 4.69) is 51.4 Å². The summed E-state index contributed by atoms with van der Waals surface area (Å²) in [5, 5.41) is 3.17. The van der Waals surface area contributed by atoms with E-state index in [4.69, 9.17) is 0 Å². The fourth-order valence-corrected chi connectivity index (χ4v) is 3.04. The van der Waals surface area contributed by atoms with Gasteiger partial charge in [0.15, 0.2) is 0 Å². The number of nitrogens with zero attached hydrogens (tertiary/aromatic N) is 4. The Kier molecular flexibility index (Phi) is 6.55. The van der Waals surface area contributed by atoms with E-state index in [1.54, 1.807) is 12.4 Å². The van der Waals surface area contributed by atoms with Crippen molar-refractivity contribution in [1.29, 1.82) is 0 Å². The van der Waals surface area contributed by atoms with Crippen molar-refractivity contribution in [2.45, 2.75) is 26.3 Å². The number of rotatable bonds is 7. The van der Waals surface area contributed by atoms with Crippen molar-refractivity contribution in [3.8, 4) is 0 Å². The SMILES string of the molecule is CCCCNc1ncc(C(=O)N2CCN(Cc3ccccc3)CC2)cn1. The number of anilines is 1. The van der Waals surface area contributed by atoms with Gasteiger partial charge in [0, 0.05) is 51.7 Å². The highest BCUT2D eigenvalue weighted by Crippen LogP contribution is 2.11. The predicted molar refractivity (Wildman–Crippen MR) is 103 cm³/mol. The Balaban J connectivity index is 1.48. The van der Waals surface area contributed by atoms with Gasteiger partial charge in [0.2, 0.25) is 5.95 Å². The minimum Gasteiger partial charge on any atom is -0.354 e. The molecule has 1 N–H and O–H groups in total. The predicted octanol–water partition coefficient (Wildman–Crippen LogP) is 2.65. The minimum atomic E-state index is 0.0180. The lowest BCUT2D eigenvalue weighted by Crippen LogP contribution is -2.48. The average Bonchev–Trinajstić information content (AvgIpc) is 2.70. The molecular weight excluding hydrogens is 326 g/mol. The highest BCUT2D eigenvalue weighted by atomic mass is 16.2. The molecule has 0 atom stereocenters. The molecule has 1 amide bonds. The number of benzene rings is 1. The Hall–Kier alpha value is -2.47. The van der Waals surface area contributed by atoms with E-state index >= 15 is 0 Å². The number of carbonyl (C=O) groups excluding carboxylic acids is 1. The summed E-state index contributed by atoms with van der Waals surface area (Å²) >= 11 is 0. The zero-order valence-corrected chi connectivity index (χ0v) is 15.4. The number of nitrogens with one attached hydrogen (secondary N) is 1. The van der Waals surface area contributed by atoms with Crippen LogP contribution < -0.4 is 5.32 Å². The Morgan fingerprint density at radius 2 is 1.77 bits per heavy atom. The summed E-state index contributed by atoms with van der Waals surface area (Å²) in [7, 11) is 0. The first-order chi connectivity index (χ1) is 12.8. The number of piperazine rings is 1. The van der Waals surface area contributed by atoms with Crippen LogP contribution >= 0.6 is 0 Å². The van der Waals surface area contributed by atoms with Crippen molar-refractivity contribution in [2.24, 2.45) is 0 Å². The molecule has 2 heterocycles. The number of aromatic nitrogens is 2. The van der Waals surface area contributed by atoms with Crippen molar-refractivity contribution in [2.75, 3.05) is 38.0 Å². The number of carbonyl (C=O) groups is 1. The molecule has 3 rings (SSSR count). The summed E-state index contributed by atoms with van der Waals surface area (Å²) in [4.78, 5) is 25.4. The van der Waals surface area contributed by atoms with Crippen LogP contribution in [-0.4, -0.2) is 58.4 Å². The Labute approximate surface area is 155 Å². The van der Waals surface area contributed by atoms with Crippen LogP contribution in [0, 0.1) is 0 Å². The molecule has 0 bridgehead atoms. The van der Waals surface area contributed by atoms with E-state index in [0.717, 1.165) is 52.1 Å². The minimum absolute atomic E-state index is 0.0180. The first-order valence-electron chi connectivity index (χ1n) is 9.37. The van der Waals surface area contributed by atoms with Gasteiger partial charge in [-0.15, -0.1) is 0 Å². The third kappa shape index (κ3) is 5.02. The van der Waals surface area contributed by atoms with E-state index in [-0.39, 0.29) is 5.91 Å². The molecule has 1 aromatic heterocycles. The zero-order chi connectivity index (χ0) is 18.2. The molecule has 0 unspecified atom stereocenters. The largest absolute Gasteiger partial charge is 0.354 e. The first-order valence-corrected chi connectivity index (χ1v) is 9.37. The molecule has 6 nitrogen and oxygen atoms in total. The monoisotopic (exact) mass is 353 g/mol. The van der Waals surface area contributed by atoms with E-state index in [0.29, 0.717) is 11.5 Å². The van der Waals surface area contributed by atoms with E-state index in [1.807, 2.05) is 11.0 Å². The number of unbranched alkanes of at least 4 members (excludes halogenated alkanes) is 1. The van der Waals surface area contributed by atoms with Gasteiger partial charge < -0.3 is 10.2 Å². The lowest BCUT2D eigenvalue weighted by atomic mass is 10.2. The van der Waals surface area contributed by atoms with Crippen LogP contribution in [-0.2, 0) is 6.54 Å². The summed E-state index contributed by atoms with van der Waals surface area (Å²) in [6.45, 7) is 7.18. The molecule has 26 heavy (non-hydrogen) atoms. The summed E-state index contributed by atoms with van der Waals surface area (Å²) in [6.07, 6.45) is 5.46. The number of amides is 1. The highest BCUT2D eigenvalue weighted by Gasteiger charge is 2.22. The van der Waals surface area contributed by atoms with Crippen LogP contribution in [0.3, 0.4) is 0 Å². The van der Waals surface area contributed by atoms with Gasteiger partial charge in [-0.05, 0) is 12.0 Å². The number of hydrogen-bond donors (Lipinski definition) is 1. The standard InChI is InChI=1S/C20H27N5O/c1-2-3-9-21-20-22-14-18(15-23-20)19(26)25-12-10-24(11-13-25)16-17-7-5-4-6-8-17/h4-8,14-15H,2-3,9-13,16H2,1H3,(H,21,22,23). The maximum absolute atomic E-state index is 12.6. The molecule has 1 aliphatic rings. The molecule has 6 heteroatoms. The number of hydrogen-bond acceptors (Lipinski definition) is 5. The normalized spacial score (nSPS) is 15.0.